The summed E-state index contributed by atoms with van der Waals surface area (Å²) in [7, 11) is -1.55. The predicted molar refractivity (Wildman–Crippen MR) is 83.2 cm³/mol. The summed E-state index contributed by atoms with van der Waals surface area (Å²) < 4.78 is 5.57. The van der Waals surface area contributed by atoms with Crippen LogP contribution in [0.3, 0.4) is 0 Å². The van der Waals surface area contributed by atoms with Gasteiger partial charge in [-0.15, -0.1) is 0 Å². The molecule has 4 heteroatoms. The van der Waals surface area contributed by atoms with Gasteiger partial charge in [-0.2, -0.15) is 0 Å². The number of ether oxygens (including phenoxy) is 1. The van der Waals surface area contributed by atoms with Gasteiger partial charge >= 0.3 is 6.09 Å². The SMILES string of the molecule is CC(C)(C)OC(=O)N1CCC[C@@H]1[Si](C)(C)C(C)(C)C. The molecule has 1 aliphatic rings. The molecule has 0 aliphatic carbocycles. The first kappa shape index (κ1) is 16.5. The van der Waals surface area contributed by atoms with Crippen LogP contribution in [0.1, 0.15) is 54.4 Å². The van der Waals surface area contributed by atoms with Crippen LogP contribution in [0, 0.1) is 0 Å². The molecule has 0 bridgehead atoms. The highest BCUT2D eigenvalue weighted by molar-refractivity contribution is 6.81. The maximum atomic E-state index is 12.4. The molecule has 1 atom stereocenters. The second kappa shape index (κ2) is 5.11. The normalized spacial score (nSPS) is 21.7. The van der Waals surface area contributed by atoms with Crippen LogP contribution in [0.4, 0.5) is 4.79 Å². The first-order chi connectivity index (χ1) is 8.36. The van der Waals surface area contributed by atoms with Gasteiger partial charge in [-0.1, -0.05) is 33.9 Å². The molecule has 1 aliphatic heterocycles. The zero-order chi connectivity index (χ0) is 15.1. The van der Waals surface area contributed by atoms with Crippen LogP contribution in [0.15, 0.2) is 0 Å². The van der Waals surface area contributed by atoms with Crippen LogP contribution >= 0.6 is 0 Å². The van der Waals surface area contributed by atoms with Crippen LogP contribution in [-0.4, -0.2) is 36.9 Å². The van der Waals surface area contributed by atoms with Crippen LogP contribution in [0.2, 0.25) is 18.1 Å². The Bertz CT molecular complexity index is 339. The number of carbonyl (C=O) groups is 1. The van der Waals surface area contributed by atoms with Crippen molar-refractivity contribution in [3.05, 3.63) is 0 Å². The molecule has 0 N–H and O–H groups in total. The van der Waals surface area contributed by atoms with Crippen LogP contribution < -0.4 is 0 Å². The molecule has 112 valence electrons. The smallest absolute Gasteiger partial charge is 0.410 e. The van der Waals surface area contributed by atoms with E-state index in [0.717, 1.165) is 19.4 Å². The minimum absolute atomic E-state index is 0.125. The quantitative estimate of drug-likeness (QED) is 0.667. The Morgan fingerprint density at radius 1 is 1.16 bits per heavy atom. The van der Waals surface area contributed by atoms with Crippen molar-refractivity contribution in [1.29, 1.82) is 0 Å². The van der Waals surface area contributed by atoms with Gasteiger partial charge in [0.1, 0.15) is 5.60 Å². The summed E-state index contributed by atoms with van der Waals surface area (Å²) in [6.45, 7) is 18.4. The highest BCUT2D eigenvalue weighted by Crippen LogP contribution is 2.43. The van der Waals surface area contributed by atoms with E-state index in [-0.39, 0.29) is 6.09 Å². The highest BCUT2D eigenvalue weighted by Gasteiger charge is 2.48. The molecule has 1 heterocycles. The number of carbonyl (C=O) groups excluding carboxylic acids is 1. The van der Waals surface area contributed by atoms with Crippen molar-refractivity contribution in [2.75, 3.05) is 6.54 Å². The molecular weight excluding hydrogens is 254 g/mol. The van der Waals surface area contributed by atoms with E-state index in [1.54, 1.807) is 0 Å². The topological polar surface area (TPSA) is 29.5 Å². The standard InChI is InChI=1S/C15H31NO2Si/c1-14(2,3)18-13(17)16-11-9-10-12(16)19(7,8)15(4,5)6/h12H,9-11H2,1-8H3/t12-/m0/s1. The van der Waals surface area contributed by atoms with Gasteiger partial charge < -0.3 is 9.64 Å². The Morgan fingerprint density at radius 2 is 1.68 bits per heavy atom. The molecule has 0 aromatic rings. The Morgan fingerprint density at radius 3 is 2.11 bits per heavy atom. The zero-order valence-electron chi connectivity index (χ0n) is 14.0. The van der Waals surface area contributed by atoms with E-state index in [2.05, 4.69) is 33.9 Å². The van der Waals surface area contributed by atoms with E-state index in [4.69, 9.17) is 4.74 Å². The number of likely N-dealkylation sites (tertiary alicyclic amines) is 1. The fourth-order valence-electron chi connectivity index (χ4n) is 2.56. The summed E-state index contributed by atoms with van der Waals surface area (Å²) in [4.78, 5) is 14.4. The Hall–Kier alpha value is -0.513. The molecule has 1 saturated heterocycles. The lowest BCUT2D eigenvalue weighted by Gasteiger charge is -2.45. The fourth-order valence-corrected chi connectivity index (χ4v) is 5.50. The van der Waals surface area contributed by atoms with Gasteiger partial charge in [0.15, 0.2) is 0 Å². The lowest BCUT2D eigenvalue weighted by Crippen LogP contribution is -2.57. The number of nitrogens with zero attached hydrogens (tertiary/aromatic N) is 1. The molecule has 0 aromatic heterocycles. The highest BCUT2D eigenvalue weighted by atomic mass is 28.3. The fraction of sp³-hybridized carbons (Fsp3) is 0.933. The maximum absolute atomic E-state index is 12.4. The van der Waals surface area contributed by atoms with E-state index in [1.807, 2.05) is 25.7 Å². The molecule has 0 unspecified atom stereocenters. The van der Waals surface area contributed by atoms with Gasteiger partial charge in [0, 0.05) is 12.2 Å². The number of rotatable bonds is 1. The molecular formula is C15H31NO2Si. The minimum Gasteiger partial charge on any atom is -0.444 e. The molecule has 0 saturated carbocycles. The van der Waals surface area contributed by atoms with Crippen molar-refractivity contribution >= 4 is 14.2 Å². The first-order valence-corrected chi connectivity index (χ1v) is 10.4. The van der Waals surface area contributed by atoms with Gasteiger partial charge in [0.2, 0.25) is 0 Å². The Balaban J connectivity index is 2.89. The molecule has 0 radical (unpaired) electrons. The van der Waals surface area contributed by atoms with Gasteiger partial charge in [-0.25, -0.2) is 4.79 Å². The van der Waals surface area contributed by atoms with Gasteiger partial charge in [-0.05, 0) is 38.7 Å². The molecule has 3 nitrogen and oxygen atoms in total. The van der Waals surface area contributed by atoms with Gasteiger partial charge in [0.25, 0.3) is 0 Å². The number of amides is 1. The predicted octanol–water partition coefficient (Wildman–Crippen LogP) is 4.43. The number of hydrogen-bond donors (Lipinski definition) is 0. The Labute approximate surface area is 119 Å². The largest absolute Gasteiger partial charge is 0.444 e. The van der Waals surface area contributed by atoms with Gasteiger partial charge in [-0.3, -0.25) is 0 Å². The number of hydrogen-bond acceptors (Lipinski definition) is 2. The minimum atomic E-state index is -1.55. The second-order valence-corrected chi connectivity index (χ2v) is 13.9. The zero-order valence-corrected chi connectivity index (χ0v) is 15.0. The summed E-state index contributed by atoms with van der Waals surface area (Å²) in [5.74, 6) is 0. The third-order valence-electron chi connectivity index (χ3n) is 4.65. The van der Waals surface area contributed by atoms with Crippen molar-refractivity contribution in [2.24, 2.45) is 0 Å². The van der Waals surface area contributed by atoms with Crippen LogP contribution in [0.25, 0.3) is 0 Å². The van der Waals surface area contributed by atoms with Crippen molar-refractivity contribution < 1.29 is 9.53 Å². The third-order valence-corrected chi connectivity index (χ3v) is 10.8. The molecule has 19 heavy (non-hydrogen) atoms. The molecule has 1 fully saturated rings. The lowest BCUT2D eigenvalue weighted by atomic mass is 10.2. The second-order valence-electron chi connectivity index (χ2n) is 8.30. The van der Waals surface area contributed by atoms with Crippen LogP contribution in [0.5, 0.6) is 0 Å². The van der Waals surface area contributed by atoms with Gasteiger partial charge in [0.05, 0.1) is 8.07 Å². The van der Waals surface area contributed by atoms with Crippen molar-refractivity contribution in [1.82, 2.24) is 4.90 Å². The lowest BCUT2D eigenvalue weighted by molar-refractivity contribution is 0.0265. The monoisotopic (exact) mass is 285 g/mol. The first-order valence-electron chi connectivity index (χ1n) is 7.36. The van der Waals surface area contributed by atoms with E-state index in [1.165, 1.54) is 0 Å². The van der Waals surface area contributed by atoms with E-state index in [9.17, 15) is 4.79 Å². The summed E-state index contributed by atoms with van der Waals surface area (Å²) in [6, 6.07) is 0. The summed E-state index contributed by atoms with van der Waals surface area (Å²) in [5, 5.41) is 0.294. The summed E-state index contributed by atoms with van der Waals surface area (Å²) in [5.41, 5.74) is -0.000151. The van der Waals surface area contributed by atoms with Crippen molar-refractivity contribution in [3.8, 4) is 0 Å². The van der Waals surface area contributed by atoms with Crippen molar-refractivity contribution in [2.45, 2.75) is 83.8 Å². The molecule has 0 aromatic carbocycles. The summed E-state index contributed by atoms with van der Waals surface area (Å²) in [6.07, 6.45) is 2.12. The van der Waals surface area contributed by atoms with E-state index in [0.29, 0.717) is 10.7 Å². The molecule has 0 spiro atoms. The summed E-state index contributed by atoms with van der Waals surface area (Å²) >= 11 is 0. The van der Waals surface area contributed by atoms with Crippen molar-refractivity contribution in [3.63, 3.8) is 0 Å². The molecule has 1 amide bonds. The third kappa shape index (κ3) is 3.74. The van der Waals surface area contributed by atoms with E-state index < -0.39 is 13.7 Å². The van der Waals surface area contributed by atoms with Crippen LogP contribution in [-0.2, 0) is 4.74 Å². The average Bonchev–Trinajstić information content (AvgIpc) is 2.60. The maximum Gasteiger partial charge on any atom is 0.410 e. The van der Waals surface area contributed by atoms with E-state index >= 15 is 0 Å². The Kier molecular flexibility index (Phi) is 4.45. The molecule has 1 rings (SSSR count). The average molecular weight is 286 g/mol.